The van der Waals surface area contributed by atoms with Gasteiger partial charge in [0.15, 0.2) is 0 Å². The second-order valence-corrected chi connectivity index (χ2v) is 7.22. The Hall–Kier alpha value is -3.47. The molecule has 0 spiro atoms. The van der Waals surface area contributed by atoms with E-state index < -0.39 is 23.8 Å². The monoisotopic (exact) mass is 386 g/mol. The normalized spacial score (nSPS) is 19.5. The summed E-state index contributed by atoms with van der Waals surface area (Å²) >= 11 is 0. The number of hydrogen-bond donors (Lipinski definition) is 0. The second kappa shape index (κ2) is 8.27. The number of hydrogen-bond acceptors (Lipinski definition) is 3. The molecule has 29 heavy (non-hydrogen) atoms. The molecular formula is C24H22N2O3. The van der Waals surface area contributed by atoms with Crippen LogP contribution in [0.5, 0.6) is 0 Å². The van der Waals surface area contributed by atoms with Crippen molar-refractivity contribution in [2.24, 2.45) is 5.92 Å². The van der Waals surface area contributed by atoms with Crippen molar-refractivity contribution in [2.75, 3.05) is 11.4 Å². The number of nitrogens with zero attached hydrogens (tertiary/aromatic N) is 2. The molecule has 1 heterocycles. The van der Waals surface area contributed by atoms with Crippen LogP contribution >= 0.6 is 0 Å². The third-order valence-electron chi connectivity index (χ3n) is 5.21. The molecule has 0 radical (unpaired) electrons. The number of anilines is 1. The average Bonchev–Trinajstić information content (AvgIpc) is 2.77. The minimum Gasteiger partial charge on any atom is -0.273 e. The Morgan fingerprint density at radius 2 is 1.52 bits per heavy atom. The zero-order valence-electron chi connectivity index (χ0n) is 16.0. The van der Waals surface area contributed by atoms with Crippen LogP contribution in [0, 0.1) is 5.92 Å². The number of benzene rings is 2. The van der Waals surface area contributed by atoms with E-state index in [0.717, 1.165) is 28.9 Å². The Bertz CT molecular complexity index is 980. The van der Waals surface area contributed by atoms with Gasteiger partial charge in [0.05, 0.1) is 12.2 Å². The largest absolute Gasteiger partial charge is 0.338 e. The van der Waals surface area contributed by atoms with Crippen molar-refractivity contribution in [1.82, 2.24) is 4.90 Å². The lowest BCUT2D eigenvalue weighted by molar-refractivity contribution is -0.140. The van der Waals surface area contributed by atoms with Gasteiger partial charge in [-0.3, -0.25) is 14.5 Å². The van der Waals surface area contributed by atoms with Crippen LogP contribution in [0.1, 0.15) is 18.4 Å². The summed E-state index contributed by atoms with van der Waals surface area (Å²) in [6.07, 6.45) is 8.12. The Labute approximate surface area is 169 Å². The fourth-order valence-corrected chi connectivity index (χ4v) is 3.71. The number of carbonyl (C=O) groups is 3. The quantitative estimate of drug-likeness (QED) is 0.727. The predicted octanol–water partition coefficient (Wildman–Crippen LogP) is 4.12. The van der Waals surface area contributed by atoms with Crippen LogP contribution in [-0.2, 0) is 16.0 Å². The smallest absolute Gasteiger partial charge is 0.273 e. The first-order valence-corrected chi connectivity index (χ1v) is 9.79. The van der Waals surface area contributed by atoms with Crippen LogP contribution in [0.25, 0.3) is 0 Å². The van der Waals surface area contributed by atoms with Crippen LogP contribution in [0.2, 0.25) is 0 Å². The number of para-hydroxylation sites is 1. The third-order valence-corrected chi connectivity index (χ3v) is 5.21. The predicted molar refractivity (Wildman–Crippen MR) is 111 cm³/mol. The van der Waals surface area contributed by atoms with Gasteiger partial charge >= 0.3 is 6.03 Å². The summed E-state index contributed by atoms with van der Waals surface area (Å²) in [6, 6.07) is 17.6. The number of imide groups is 2. The van der Waals surface area contributed by atoms with E-state index in [1.165, 1.54) is 4.90 Å². The Morgan fingerprint density at radius 3 is 2.17 bits per heavy atom. The summed E-state index contributed by atoms with van der Waals surface area (Å²) in [5, 5.41) is 0. The van der Waals surface area contributed by atoms with Crippen LogP contribution < -0.4 is 4.90 Å². The van der Waals surface area contributed by atoms with Crippen molar-refractivity contribution in [3.05, 3.63) is 90.0 Å². The van der Waals surface area contributed by atoms with Crippen LogP contribution in [0.3, 0.4) is 0 Å². The van der Waals surface area contributed by atoms with E-state index in [0.29, 0.717) is 5.69 Å². The maximum Gasteiger partial charge on any atom is 0.338 e. The van der Waals surface area contributed by atoms with E-state index in [2.05, 4.69) is 0 Å². The topological polar surface area (TPSA) is 57.7 Å². The summed E-state index contributed by atoms with van der Waals surface area (Å²) in [5.41, 5.74) is 2.28. The van der Waals surface area contributed by atoms with Crippen molar-refractivity contribution in [2.45, 2.75) is 19.3 Å². The van der Waals surface area contributed by atoms with Gasteiger partial charge in [0.25, 0.3) is 0 Å². The molecule has 146 valence electrons. The van der Waals surface area contributed by atoms with Gasteiger partial charge in [-0.1, -0.05) is 66.8 Å². The first-order chi connectivity index (χ1) is 14.1. The number of allylic oxidation sites excluding steroid dienone is 2. The summed E-state index contributed by atoms with van der Waals surface area (Å²) in [4.78, 5) is 42.0. The minimum atomic E-state index is -0.927. The molecule has 2 aromatic rings. The molecule has 4 amide bonds. The molecule has 0 saturated carbocycles. The molecule has 1 fully saturated rings. The zero-order chi connectivity index (χ0) is 20.2. The fourth-order valence-electron chi connectivity index (χ4n) is 3.71. The van der Waals surface area contributed by atoms with Crippen molar-refractivity contribution in [3.8, 4) is 0 Å². The van der Waals surface area contributed by atoms with Gasteiger partial charge in [0.2, 0.25) is 11.8 Å². The molecule has 1 atom stereocenters. The molecule has 1 aliphatic carbocycles. The van der Waals surface area contributed by atoms with E-state index in [1.54, 1.807) is 24.3 Å². The summed E-state index contributed by atoms with van der Waals surface area (Å²) in [6.45, 7) is 0.177. The highest BCUT2D eigenvalue weighted by molar-refractivity contribution is 6.27. The average molecular weight is 386 g/mol. The number of amides is 4. The molecule has 4 rings (SSSR count). The molecule has 5 nitrogen and oxygen atoms in total. The molecule has 0 bridgehead atoms. The highest BCUT2D eigenvalue weighted by Crippen LogP contribution is 2.28. The molecule has 0 aromatic heterocycles. The molecular weight excluding hydrogens is 364 g/mol. The molecule has 5 heteroatoms. The second-order valence-electron chi connectivity index (χ2n) is 7.22. The molecule has 1 unspecified atom stereocenters. The van der Waals surface area contributed by atoms with Crippen molar-refractivity contribution in [3.63, 3.8) is 0 Å². The maximum absolute atomic E-state index is 13.2. The molecule has 2 aliphatic rings. The lowest BCUT2D eigenvalue weighted by Gasteiger charge is -2.37. The van der Waals surface area contributed by atoms with E-state index >= 15 is 0 Å². The first kappa shape index (κ1) is 18.9. The lowest BCUT2D eigenvalue weighted by atomic mass is 9.94. The number of urea groups is 1. The minimum absolute atomic E-state index is 0.177. The molecule has 2 aromatic carbocycles. The van der Waals surface area contributed by atoms with Crippen molar-refractivity contribution < 1.29 is 14.4 Å². The third kappa shape index (κ3) is 3.90. The summed E-state index contributed by atoms with van der Waals surface area (Å²) in [7, 11) is 0. The van der Waals surface area contributed by atoms with Gasteiger partial charge in [-0.2, -0.15) is 0 Å². The van der Waals surface area contributed by atoms with Crippen LogP contribution in [0.4, 0.5) is 10.5 Å². The number of barbiturate groups is 1. The molecule has 1 aliphatic heterocycles. The SMILES string of the molecule is O=C1C(Cc2ccccc2)C(=O)N(c2ccccc2)C(=O)N1CC1=CCCC=C1. The van der Waals surface area contributed by atoms with Gasteiger partial charge in [0, 0.05) is 0 Å². The fraction of sp³-hybridized carbons (Fsp3) is 0.208. The van der Waals surface area contributed by atoms with Gasteiger partial charge < -0.3 is 0 Å². The Balaban J connectivity index is 1.69. The highest BCUT2D eigenvalue weighted by Gasteiger charge is 2.46. The standard InChI is InChI=1S/C24H22N2O3/c27-22-21(16-18-10-4-1-5-11-18)23(28)26(20-14-8-3-9-15-20)24(29)25(22)17-19-12-6-2-7-13-19/h1,3-6,8-15,21H,2,7,16-17H2. The maximum atomic E-state index is 13.2. The lowest BCUT2D eigenvalue weighted by Crippen LogP contribution is -2.60. The Kier molecular flexibility index (Phi) is 5.38. The van der Waals surface area contributed by atoms with Gasteiger partial charge in [-0.05, 0) is 42.5 Å². The van der Waals surface area contributed by atoms with Crippen molar-refractivity contribution >= 4 is 23.5 Å². The number of rotatable bonds is 5. The summed E-state index contributed by atoms with van der Waals surface area (Å²) < 4.78 is 0. The van der Waals surface area contributed by atoms with E-state index in [-0.39, 0.29) is 13.0 Å². The van der Waals surface area contributed by atoms with Crippen LogP contribution in [-0.4, -0.2) is 29.3 Å². The van der Waals surface area contributed by atoms with E-state index in [1.807, 2.05) is 54.6 Å². The van der Waals surface area contributed by atoms with E-state index in [4.69, 9.17) is 0 Å². The highest BCUT2D eigenvalue weighted by atomic mass is 16.2. The summed E-state index contributed by atoms with van der Waals surface area (Å²) in [5.74, 6) is -1.83. The zero-order valence-corrected chi connectivity index (χ0v) is 16.0. The van der Waals surface area contributed by atoms with Gasteiger partial charge in [-0.25, -0.2) is 9.69 Å². The molecule has 0 N–H and O–H groups in total. The van der Waals surface area contributed by atoms with Gasteiger partial charge in [-0.15, -0.1) is 0 Å². The Morgan fingerprint density at radius 1 is 0.828 bits per heavy atom. The van der Waals surface area contributed by atoms with Gasteiger partial charge in [0.1, 0.15) is 5.92 Å². The molecule has 1 saturated heterocycles. The van der Waals surface area contributed by atoms with E-state index in [9.17, 15) is 14.4 Å². The first-order valence-electron chi connectivity index (χ1n) is 9.79. The number of carbonyl (C=O) groups excluding carboxylic acids is 3. The van der Waals surface area contributed by atoms with Crippen molar-refractivity contribution in [1.29, 1.82) is 0 Å². The van der Waals surface area contributed by atoms with Crippen LogP contribution in [0.15, 0.2) is 84.5 Å².